The lowest BCUT2D eigenvalue weighted by Gasteiger charge is -1.93. The van der Waals surface area contributed by atoms with Crippen molar-refractivity contribution in [3.05, 3.63) is 27.9 Å². The predicted octanol–water partition coefficient (Wildman–Crippen LogP) is -0.804. The van der Waals surface area contributed by atoms with E-state index in [-0.39, 0.29) is 11.6 Å². The molecule has 0 aromatic carbocycles. The SMILES string of the molecule is NC1Cc2nc[nH]c(=O)c2C1. The van der Waals surface area contributed by atoms with E-state index in [9.17, 15) is 4.79 Å². The van der Waals surface area contributed by atoms with Gasteiger partial charge in [-0.3, -0.25) is 4.79 Å². The Morgan fingerprint density at radius 2 is 2.45 bits per heavy atom. The zero-order valence-electron chi connectivity index (χ0n) is 6.00. The van der Waals surface area contributed by atoms with Crippen LogP contribution in [0.3, 0.4) is 0 Å². The number of aromatic nitrogens is 2. The third-order valence-electron chi connectivity index (χ3n) is 1.96. The quantitative estimate of drug-likeness (QED) is 0.509. The molecule has 0 saturated heterocycles. The van der Waals surface area contributed by atoms with Crippen molar-refractivity contribution < 1.29 is 0 Å². The number of rotatable bonds is 0. The molecular formula is C7H9N3O. The Morgan fingerprint density at radius 1 is 1.64 bits per heavy atom. The van der Waals surface area contributed by atoms with Crippen LogP contribution in [0.2, 0.25) is 0 Å². The van der Waals surface area contributed by atoms with Gasteiger partial charge in [0, 0.05) is 18.0 Å². The molecule has 58 valence electrons. The smallest absolute Gasteiger partial charge is 0.254 e. The van der Waals surface area contributed by atoms with Gasteiger partial charge in [0.05, 0.1) is 12.0 Å². The summed E-state index contributed by atoms with van der Waals surface area (Å²) in [5.74, 6) is 0. The van der Waals surface area contributed by atoms with Crippen LogP contribution in [0.15, 0.2) is 11.1 Å². The fraction of sp³-hybridized carbons (Fsp3) is 0.429. The van der Waals surface area contributed by atoms with Crippen LogP contribution in [0.1, 0.15) is 11.3 Å². The van der Waals surface area contributed by atoms with Gasteiger partial charge in [-0.05, 0) is 6.42 Å². The van der Waals surface area contributed by atoms with Gasteiger partial charge in [0.1, 0.15) is 0 Å². The second-order valence-corrected chi connectivity index (χ2v) is 2.83. The van der Waals surface area contributed by atoms with Crippen LogP contribution in [0.4, 0.5) is 0 Å². The van der Waals surface area contributed by atoms with Gasteiger partial charge in [-0.1, -0.05) is 0 Å². The molecule has 3 N–H and O–H groups in total. The highest BCUT2D eigenvalue weighted by Gasteiger charge is 2.21. The minimum atomic E-state index is -0.0389. The zero-order valence-corrected chi connectivity index (χ0v) is 6.00. The van der Waals surface area contributed by atoms with Gasteiger partial charge < -0.3 is 10.7 Å². The van der Waals surface area contributed by atoms with Crippen LogP contribution in [0, 0.1) is 0 Å². The molecule has 1 aliphatic rings. The summed E-state index contributed by atoms with van der Waals surface area (Å²) in [4.78, 5) is 17.7. The first kappa shape index (κ1) is 6.54. The molecule has 0 amide bonds. The summed E-state index contributed by atoms with van der Waals surface area (Å²) in [5.41, 5.74) is 7.25. The number of hydrogen-bond acceptors (Lipinski definition) is 3. The summed E-state index contributed by atoms with van der Waals surface area (Å²) in [6.07, 6.45) is 2.83. The van der Waals surface area contributed by atoms with Crippen molar-refractivity contribution in [2.24, 2.45) is 5.73 Å². The summed E-state index contributed by atoms with van der Waals surface area (Å²) < 4.78 is 0. The average Bonchev–Trinajstić information content (AvgIpc) is 2.31. The van der Waals surface area contributed by atoms with Crippen LogP contribution in [-0.2, 0) is 12.8 Å². The van der Waals surface area contributed by atoms with Gasteiger partial charge in [-0.15, -0.1) is 0 Å². The molecule has 1 heterocycles. The fourth-order valence-electron chi connectivity index (χ4n) is 1.43. The summed E-state index contributed by atoms with van der Waals surface area (Å²) in [6, 6.07) is 0.0843. The van der Waals surface area contributed by atoms with E-state index in [4.69, 9.17) is 5.73 Å². The van der Waals surface area contributed by atoms with Crippen LogP contribution in [0.25, 0.3) is 0 Å². The topological polar surface area (TPSA) is 71.8 Å². The molecule has 2 rings (SSSR count). The molecule has 1 aliphatic carbocycles. The maximum atomic E-state index is 11.1. The van der Waals surface area contributed by atoms with E-state index in [1.165, 1.54) is 6.33 Å². The molecular weight excluding hydrogens is 142 g/mol. The molecule has 0 spiro atoms. The Hall–Kier alpha value is -1.16. The highest BCUT2D eigenvalue weighted by Crippen LogP contribution is 2.13. The zero-order chi connectivity index (χ0) is 7.84. The van der Waals surface area contributed by atoms with E-state index in [1.54, 1.807) is 0 Å². The van der Waals surface area contributed by atoms with Crippen molar-refractivity contribution in [2.45, 2.75) is 18.9 Å². The highest BCUT2D eigenvalue weighted by molar-refractivity contribution is 5.24. The standard InChI is InChI=1S/C7H9N3O/c8-4-1-5-6(2-4)9-3-10-7(5)11/h3-4H,1-2,8H2,(H,9,10,11). The van der Waals surface area contributed by atoms with E-state index in [0.717, 1.165) is 17.7 Å². The summed E-state index contributed by atoms with van der Waals surface area (Å²) in [7, 11) is 0. The monoisotopic (exact) mass is 151 g/mol. The molecule has 4 nitrogen and oxygen atoms in total. The van der Waals surface area contributed by atoms with Gasteiger partial charge in [0.2, 0.25) is 0 Å². The summed E-state index contributed by atoms with van der Waals surface area (Å²) >= 11 is 0. The van der Waals surface area contributed by atoms with E-state index < -0.39 is 0 Å². The molecule has 4 heteroatoms. The van der Waals surface area contributed by atoms with E-state index in [1.807, 2.05) is 0 Å². The van der Waals surface area contributed by atoms with Gasteiger partial charge in [0.25, 0.3) is 5.56 Å². The highest BCUT2D eigenvalue weighted by atomic mass is 16.1. The van der Waals surface area contributed by atoms with Gasteiger partial charge >= 0.3 is 0 Å². The molecule has 11 heavy (non-hydrogen) atoms. The Labute approximate surface area is 63.5 Å². The van der Waals surface area contributed by atoms with Crippen molar-refractivity contribution in [3.8, 4) is 0 Å². The largest absolute Gasteiger partial charge is 0.327 e. The number of aromatic amines is 1. The van der Waals surface area contributed by atoms with Crippen molar-refractivity contribution >= 4 is 0 Å². The lowest BCUT2D eigenvalue weighted by atomic mass is 10.2. The third kappa shape index (κ3) is 0.952. The summed E-state index contributed by atoms with van der Waals surface area (Å²) in [6.45, 7) is 0. The molecule has 0 fully saturated rings. The lowest BCUT2D eigenvalue weighted by Crippen LogP contribution is -2.20. The van der Waals surface area contributed by atoms with E-state index in [2.05, 4.69) is 9.97 Å². The van der Waals surface area contributed by atoms with Crippen molar-refractivity contribution in [1.82, 2.24) is 9.97 Å². The normalized spacial score (nSPS) is 21.7. The molecule has 1 aromatic rings. The predicted molar refractivity (Wildman–Crippen MR) is 40.2 cm³/mol. The third-order valence-corrected chi connectivity index (χ3v) is 1.96. The minimum absolute atomic E-state index is 0.0389. The molecule has 0 aliphatic heterocycles. The van der Waals surface area contributed by atoms with E-state index in [0.29, 0.717) is 6.42 Å². The first-order valence-electron chi connectivity index (χ1n) is 3.58. The van der Waals surface area contributed by atoms with Crippen molar-refractivity contribution in [3.63, 3.8) is 0 Å². The molecule has 1 aromatic heterocycles. The first-order chi connectivity index (χ1) is 5.27. The molecule has 0 bridgehead atoms. The van der Waals surface area contributed by atoms with Crippen LogP contribution < -0.4 is 11.3 Å². The number of H-pyrrole nitrogens is 1. The maximum Gasteiger partial charge on any atom is 0.254 e. The number of nitrogens with two attached hydrogens (primary N) is 1. The van der Waals surface area contributed by atoms with Gasteiger partial charge in [-0.2, -0.15) is 0 Å². The van der Waals surface area contributed by atoms with Crippen LogP contribution >= 0.6 is 0 Å². The maximum absolute atomic E-state index is 11.1. The number of nitrogens with one attached hydrogen (secondary N) is 1. The van der Waals surface area contributed by atoms with Gasteiger partial charge in [0.15, 0.2) is 0 Å². The van der Waals surface area contributed by atoms with Crippen LogP contribution in [-0.4, -0.2) is 16.0 Å². The summed E-state index contributed by atoms with van der Waals surface area (Å²) in [5, 5.41) is 0. The Morgan fingerprint density at radius 3 is 3.18 bits per heavy atom. The molecule has 0 radical (unpaired) electrons. The molecule has 0 saturated carbocycles. The Balaban J connectivity index is 2.58. The molecule has 1 atom stereocenters. The number of fused-ring (bicyclic) bond motifs is 1. The minimum Gasteiger partial charge on any atom is -0.327 e. The van der Waals surface area contributed by atoms with Crippen molar-refractivity contribution in [2.75, 3.05) is 0 Å². The Bertz CT molecular complexity index is 331. The van der Waals surface area contributed by atoms with Crippen molar-refractivity contribution in [1.29, 1.82) is 0 Å². The van der Waals surface area contributed by atoms with Crippen LogP contribution in [0.5, 0.6) is 0 Å². The van der Waals surface area contributed by atoms with Gasteiger partial charge in [-0.25, -0.2) is 4.98 Å². The van der Waals surface area contributed by atoms with E-state index >= 15 is 0 Å². The first-order valence-corrected chi connectivity index (χ1v) is 3.58. The number of nitrogens with zero attached hydrogens (tertiary/aromatic N) is 1. The number of hydrogen-bond donors (Lipinski definition) is 2. The lowest BCUT2D eigenvalue weighted by molar-refractivity contribution is 0.715. The second kappa shape index (κ2) is 2.17. The average molecular weight is 151 g/mol. The molecule has 1 unspecified atom stereocenters. The fourth-order valence-corrected chi connectivity index (χ4v) is 1.43. The Kier molecular flexibility index (Phi) is 1.29. The second-order valence-electron chi connectivity index (χ2n) is 2.83.